The summed E-state index contributed by atoms with van der Waals surface area (Å²) in [6.45, 7) is 11.0. The Labute approximate surface area is 80.8 Å². The molecule has 0 amide bonds. The van der Waals surface area contributed by atoms with Crippen LogP contribution in [0.15, 0.2) is 12.2 Å². The van der Waals surface area contributed by atoms with E-state index in [2.05, 4.69) is 33.8 Å². The number of allylic oxidation sites excluding steroid dienone is 1. The quantitative estimate of drug-likeness (QED) is 0.568. The molecule has 1 heteroatoms. The molecule has 1 nitrogen and oxygen atoms in total. The molecule has 0 aromatic heterocycles. The molecule has 3 aliphatic carbocycles. The molecule has 1 fully saturated rings. The zero-order chi connectivity index (χ0) is 10.1. The SMILES string of the molecule is CC1(C)[C@]2(C)C[C@@]1(C)C=C[C@]2(C)O. The van der Waals surface area contributed by atoms with Crippen LogP contribution >= 0.6 is 0 Å². The summed E-state index contributed by atoms with van der Waals surface area (Å²) < 4.78 is 0. The molecule has 3 aliphatic rings. The molecular weight excluding hydrogens is 160 g/mol. The third kappa shape index (κ3) is 0.698. The summed E-state index contributed by atoms with van der Waals surface area (Å²) in [6, 6.07) is 0. The number of hydrogen-bond acceptors (Lipinski definition) is 1. The van der Waals surface area contributed by atoms with Crippen molar-refractivity contribution in [2.45, 2.75) is 46.6 Å². The van der Waals surface area contributed by atoms with Crippen molar-refractivity contribution in [2.75, 3.05) is 0 Å². The minimum absolute atomic E-state index is 0.0451. The van der Waals surface area contributed by atoms with Gasteiger partial charge in [-0.2, -0.15) is 0 Å². The van der Waals surface area contributed by atoms with Crippen molar-refractivity contribution in [3.8, 4) is 0 Å². The van der Waals surface area contributed by atoms with Crippen molar-refractivity contribution in [2.24, 2.45) is 16.2 Å². The van der Waals surface area contributed by atoms with Crippen LogP contribution < -0.4 is 0 Å². The summed E-state index contributed by atoms with van der Waals surface area (Å²) in [7, 11) is 0. The zero-order valence-electron chi connectivity index (χ0n) is 9.31. The molecule has 0 unspecified atom stereocenters. The standard InChI is InChI=1S/C12H20O/c1-9(2)10(3)6-7-12(5,13)11(9,4)8-10/h6-7,13H,8H2,1-5H3/t10-,11+,12+/m1/s1. The highest BCUT2D eigenvalue weighted by Gasteiger charge is 2.70. The predicted molar refractivity (Wildman–Crippen MR) is 54.4 cm³/mol. The summed E-state index contributed by atoms with van der Waals surface area (Å²) in [5, 5.41) is 10.3. The van der Waals surface area contributed by atoms with Crippen LogP contribution in [0, 0.1) is 16.2 Å². The zero-order valence-corrected chi connectivity index (χ0v) is 9.31. The minimum atomic E-state index is -0.631. The number of aliphatic hydroxyl groups is 1. The van der Waals surface area contributed by atoms with Gasteiger partial charge in [0.05, 0.1) is 5.60 Å². The maximum atomic E-state index is 10.3. The largest absolute Gasteiger partial charge is 0.385 e. The molecule has 0 aliphatic heterocycles. The number of fused-ring (bicyclic) bond motifs is 1. The van der Waals surface area contributed by atoms with Crippen molar-refractivity contribution in [1.29, 1.82) is 0 Å². The second-order valence-electron chi connectivity index (χ2n) is 6.03. The summed E-state index contributed by atoms with van der Waals surface area (Å²) in [4.78, 5) is 0. The number of hydrogen-bond donors (Lipinski definition) is 1. The molecule has 74 valence electrons. The van der Waals surface area contributed by atoms with Gasteiger partial charge in [0.25, 0.3) is 0 Å². The summed E-state index contributed by atoms with van der Waals surface area (Å²) in [6.07, 6.45) is 5.30. The molecule has 1 N–H and O–H groups in total. The Morgan fingerprint density at radius 3 is 1.92 bits per heavy atom. The molecule has 1 saturated carbocycles. The third-order valence-corrected chi connectivity index (χ3v) is 5.42. The first kappa shape index (κ1) is 9.26. The average Bonchev–Trinajstić information content (AvgIpc) is 1.98. The first-order valence-corrected chi connectivity index (χ1v) is 5.09. The normalized spacial score (nSPS) is 57.4. The van der Waals surface area contributed by atoms with Gasteiger partial charge >= 0.3 is 0 Å². The van der Waals surface area contributed by atoms with Crippen LogP contribution in [0.5, 0.6) is 0 Å². The summed E-state index contributed by atoms with van der Waals surface area (Å²) in [5.41, 5.74) is -0.0833. The first-order chi connectivity index (χ1) is 5.66. The van der Waals surface area contributed by atoms with E-state index in [-0.39, 0.29) is 10.8 Å². The highest BCUT2D eigenvalue weighted by Crippen LogP contribution is 2.74. The number of rotatable bonds is 0. The Hall–Kier alpha value is -0.300. The Kier molecular flexibility index (Phi) is 1.34. The van der Waals surface area contributed by atoms with Gasteiger partial charge in [-0.1, -0.05) is 39.8 Å². The van der Waals surface area contributed by atoms with Crippen LogP contribution in [0.4, 0.5) is 0 Å². The van der Waals surface area contributed by atoms with Crippen molar-refractivity contribution in [1.82, 2.24) is 0 Å². The molecule has 0 heterocycles. The Morgan fingerprint density at radius 1 is 1.00 bits per heavy atom. The van der Waals surface area contributed by atoms with Crippen molar-refractivity contribution >= 4 is 0 Å². The van der Waals surface area contributed by atoms with E-state index in [1.165, 1.54) is 0 Å². The second kappa shape index (κ2) is 1.88. The second-order valence-corrected chi connectivity index (χ2v) is 6.03. The lowest BCUT2D eigenvalue weighted by Gasteiger charge is -2.73. The van der Waals surface area contributed by atoms with E-state index in [0.717, 1.165) is 6.42 Å². The Morgan fingerprint density at radius 2 is 1.54 bits per heavy atom. The van der Waals surface area contributed by atoms with Crippen LogP contribution in [-0.2, 0) is 0 Å². The lowest BCUT2D eigenvalue weighted by Crippen LogP contribution is -2.70. The van der Waals surface area contributed by atoms with Crippen LogP contribution in [-0.4, -0.2) is 10.7 Å². The Bertz CT molecular complexity index is 287. The van der Waals surface area contributed by atoms with Gasteiger partial charge in [0.2, 0.25) is 0 Å². The van der Waals surface area contributed by atoms with Crippen LogP contribution in [0.2, 0.25) is 0 Å². The Balaban J connectivity index is 2.56. The molecule has 13 heavy (non-hydrogen) atoms. The lowest BCUT2D eigenvalue weighted by molar-refractivity contribution is -0.243. The van der Waals surface area contributed by atoms with E-state index in [1.807, 2.05) is 13.0 Å². The van der Waals surface area contributed by atoms with E-state index in [1.54, 1.807) is 0 Å². The molecule has 3 rings (SSSR count). The smallest absolute Gasteiger partial charge is 0.0858 e. The van der Waals surface area contributed by atoms with Gasteiger partial charge < -0.3 is 5.11 Å². The predicted octanol–water partition coefficient (Wildman–Crippen LogP) is 2.75. The van der Waals surface area contributed by atoms with E-state index in [4.69, 9.17) is 0 Å². The fourth-order valence-corrected chi connectivity index (χ4v) is 3.31. The minimum Gasteiger partial charge on any atom is -0.385 e. The van der Waals surface area contributed by atoms with E-state index >= 15 is 0 Å². The van der Waals surface area contributed by atoms with Crippen molar-refractivity contribution in [3.05, 3.63) is 12.2 Å². The lowest BCUT2D eigenvalue weighted by atomic mass is 9.32. The fourth-order valence-electron chi connectivity index (χ4n) is 3.31. The molecule has 0 aromatic carbocycles. The van der Waals surface area contributed by atoms with Crippen LogP contribution in [0.3, 0.4) is 0 Å². The topological polar surface area (TPSA) is 20.2 Å². The summed E-state index contributed by atoms with van der Waals surface area (Å²) in [5.74, 6) is 0. The maximum absolute atomic E-state index is 10.3. The van der Waals surface area contributed by atoms with Gasteiger partial charge in [-0.3, -0.25) is 0 Å². The molecular formula is C12H20O. The molecule has 0 radical (unpaired) electrons. The fraction of sp³-hybridized carbons (Fsp3) is 0.833. The molecule has 0 saturated heterocycles. The highest BCUT2D eigenvalue weighted by molar-refractivity contribution is 5.33. The highest BCUT2D eigenvalue weighted by atomic mass is 16.3. The van der Waals surface area contributed by atoms with Crippen LogP contribution in [0.25, 0.3) is 0 Å². The van der Waals surface area contributed by atoms with E-state index in [9.17, 15) is 5.11 Å². The van der Waals surface area contributed by atoms with Gasteiger partial charge in [-0.15, -0.1) is 0 Å². The molecule has 3 atom stereocenters. The average molecular weight is 180 g/mol. The molecule has 2 bridgehead atoms. The van der Waals surface area contributed by atoms with Crippen molar-refractivity contribution in [3.63, 3.8) is 0 Å². The van der Waals surface area contributed by atoms with E-state index < -0.39 is 5.60 Å². The van der Waals surface area contributed by atoms with Gasteiger partial charge in [-0.05, 0) is 24.2 Å². The molecule has 0 aromatic rings. The summed E-state index contributed by atoms with van der Waals surface area (Å²) >= 11 is 0. The van der Waals surface area contributed by atoms with Crippen molar-refractivity contribution < 1.29 is 5.11 Å². The van der Waals surface area contributed by atoms with E-state index in [0.29, 0.717) is 5.41 Å². The van der Waals surface area contributed by atoms with Crippen LogP contribution in [0.1, 0.15) is 41.0 Å². The van der Waals surface area contributed by atoms with Gasteiger partial charge in [0.1, 0.15) is 0 Å². The first-order valence-electron chi connectivity index (χ1n) is 5.09. The van der Waals surface area contributed by atoms with Gasteiger partial charge in [0, 0.05) is 5.41 Å². The van der Waals surface area contributed by atoms with Gasteiger partial charge in [-0.25, -0.2) is 0 Å². The van der Waals surface area contributed by atoms with Gasteiger partial charge in [0.15, 0.2) is 0 Å². The maximum Gasteiger partial charge on any atom is 0.0858 e. The molecule has 0 spiro atoms. The third-order valence-electron chi connectivity index (χ3n) is 5.42. The monoisotopic (exact) mass is 180 g/mol.